The van der Waals surface area contributed by atoms with Crippen molar-refractivity contribution in [1.29, 1.82) is 0 Å². The molecule has 3 aromatic rings. The van der Waals surface area contributed by atoms with Crippen molar-refractivity contribution in [2.75, 3.05) is 0 Å². The lowest BCUT2D eigenvalue weighted by Gasteiger charge is -2.10. The van der Waals surface area contributed by atoms with Crippen LogP contribution in [0.2, 0.25) is 5.02 Å². The summed E-state index contributed by atoms with van der Waals surface area (Å²) < 4.78 is 7.24. The van der Waals surface area contributed by atoms with Crippen LogP contribution in [0, 0.1) is 6.92 Å². The number of aromatic nitrogens is 3. The predicted octanol–water partition coefficient (Wildman–Crippen LogP) is 3.40. The highest BCUT2D eigenvalue weighted by atomic mass is 35.5. The quantitative estimate of drug-likeness (QED) is 0.475. The van der Waals surface area contributed by atoms with Crippen molar-refractivity contribution in [2.45, 2.75) is 25.5 Å². The first-order chi connectivity index (χ1) is 12.5. The fourth-order valence-electron chi connectivity index (χ4n) is 2.35. The van der Waals surface area contributed by atoms with Crippen molar-refractivity contribution in [3.05, 3.63) is 57.8 Å². The Balaban J connectivity index is 1.94. The fraction of sp³-hybridized carbons (Fsp3) is 0.167. The van der Waals surface area contributed by atoms with Gasteiger partial charge in [0, 0.05) is 22.0 Å². The second kappa shape index (κ2) is 7.80. The minimum atomic E-state index is -1.30. The highest BCUT2D eigenvalue weighted by molar-refractivity contribution is 8.04. The van der Waals surface area contributed by atoms with E-state index in [4.69, 9.17) is 16.0 Å². The molecule has 0 radical (unpaired) electrons. The third-order valence-electron chi connectivity index (χ3n) is 3.57. The standard InChI is InChI=1S/C18H16ClN3O3S/c1-3-22-16(12-5-7-13(19)8-6-12)20-21-18(22)26-15(17(23)24)10-14-9-4-11(2)25-14/h4-10H,3H2,1-2H3,(H,23,24)/p-1/b15-10+. The summed E-state index contributed by atoms with van der Waals surface area (Å²) in [7, 11) is 0. The van der Waals surface area contributed by atoms with Crippen LogP contribution < -0.4 is 5.11 Å². The zero-order valence-corrected chi connectivity index (χ0v) is 15.7. The van der Waals surface area contributed by atoms with Gasteiger partial charge in [-0.05, 0) is 68.1 Å². The van der Waals surface area contributed by atoms with Crippen LogP contribution in [-0.4, -0.2) is 20.7 Å². The maximum atomic E-state index is 11.5. The summed E-state index contributed by atoms with van der Waals surface area (Å²) in [5.41, 5.74) is 0.844. The molecule has 0 atom stereocenters. The molecule has 0 aliphatic heterocycles. The number of halogens is 1. The van der Waals surface area contributed by atoms with Crippen molar-refractivity contribution in [3.63, 3.8) is 0 Å². The van der Waals surface area contributed by atoms with Crippen LogP contribution in [-0.2, 0) is 11.3 Å². The first-order valence-electron chi connectivity index (χ1n) is 7.84. The number of carbonyl (C=O) groups excluding carboxylic acids is 1. The number of aliphatic carboxylic acids is 1. The van der Waals surface area contributed by atoms with Gasteiger partial charge >= 0.3 is 0 Å². The molecular formula is C18H15ClN3O3S-. The maximum Gasteiger partial charge on any atom is 0.196 e. The van der Waals surface area contributed by atoms with Crippen molar-refractivity contribution < 1.29 is 14.3 Å². The van der Waals surface area contributed by atoms with Gasteiger partial charge in [-0.15, -0.1) is 10.2 Å². The molecule has 0 aliphatic carbocycles. The van der Waals surface area contributed by atoms with Gasteiger partial charge in [0.2, 0.25) is 0 Å². The number of hydrogen-bond acceptors (Lipinski definition) is 6. The van der Waals surface area contributed by atoms with E-state index in [9.17, 15) is 9.90 Å². The summed E-state index contributed by atoms with van der Waals surface area (Å²) in [6.07, 6.45) is 1.42. The van der Waals surface area contributed by atoms with Crippen molar-refractivity contribution in [3.8, 4) is 11.4 Å². The van der Waals surface area contributed by atoms with E-state index >= 15 is 0 Å². The Morgan fingerprint density at radius 1 is 1.27 bits per heavy atom. The SMILES string of the molecule is CCn1c(S/C(=C/c2ccc(C)o2)C(=O)[O-])nnc1-c1ccc(Cl)cc1. The number of thioether (sulfide) groups is 1. The molecule has 3 rings (SSSR count). The average Bonchev–Trinajstić information content (AvgIpc) is 3.20. The molecular weight excluding hydrogens is 374 g/mol. The number of furan rings is 1. The van der Waals surface area contributed by atoms with Crippen LogP contribution in [0.25, 0.3) is 17.5 Å². The normalized spacial score (nSPS) is 11.7. The van der Waals surface area contributed by atoms with Crippen LogP contribution in [0.3, 0.4) is 0 Å². The lowest BCUT2D eigenvalue weighted by atomic mass is 10.2. The Kier molecular flexibility index (Phi) is 5.49. The minimum Gasteiger partial charge on any atom is -0.544 e. The second-order valence-corrected chi connectivity index (χ2v) is 6.85. The first kappa shape index (κ1) is 18.3. The molecule has 1 aromatic carbocycles. The summed E-state index contributed by atoms with van der Waals surface area (Å²) in [5.74, 6) is 0.469. The molecule has 0 bridgehead atoms. The summed E-state index contributed by atoms with van der Waals surface area (Å²) >= 11 is 6.90. The first-order valence-corrected chi connectivity index (χ1v) is 9.04. The van der Waals surface area contributed by atoms with Crippen molar-refractivity contribution in [2.24, 2.45) is 0 Å². The van der Waals surface area contributed by atoms with Crippen LogP contribution in [0.4, 0.5) is 0 Å². The molecule has 2 heterocycles. The molecule has 0 saturated heterocycles. The van der Waals surface area contributed by atoms with E-state index in [0.717, 1.165) is 17.3 Å². The molecule has 0 saturated carbocycles. The van der Waals surface area contributed by atoms with E-state index in [1.165, 1.54) is 6.08 Å². The molecule has 2 aromatic heterocycles. The Labute approximate surface area is 159 Å². The summed E-state index contributed by atoms with van der Waals surface area (Å²) in [4.78, 5) is 11.5. The second-order valence-electron chi connectivity index (χ2n) is 5.40. The number of hydrogen-bond donors (Lipinski definition) is 0. The molecule has 6 nitrogen and oxygen atoms in total. The average molecular weight is 389 g/mol. The monoisotopic (exact) mass is 388 g/mol. The molecule has 0 unspecified atom stereocenters. The van der Waals surface area contributed by atoms with Gasteiger partial charge in [-0.2, -0.15) is 0 Å². The largest absolute Gasteiger partial charge is 0.544 e. The lowest BCUT2D eigenvalue weighted by Crippen LogP contribution is -2.23. The van der Waals surface area contributed by atoms with Crippen LogP contribution >= 0.6 is 23.4 Å². The van der Waals surface area contributed by atoms with E-state index in [2.05, 4.69) is 10.2 Å². The summed E-state index contributed by atoms with van der Waals surface area (Å²) in [5, 5.41) is 20.9. The van der Waals surface area contributed by atoms with Gasteiger partial charge in [-0.1, -0.05) is 11.6 Å². The number of carbonyl (C=O) groups is 1. The highest BCUT2D eigenvalue weighted by Crippen LogP contribution is 2.30. The van der Waals surface area contributed by atoms with Gasteiger partial charge in [0.05, 0.1) is 5.97 Å². The molecule has 26 heavy (non-hydrogen) atoms. The lowest BCUT2D eigenvalue weighted by molar-refractivity contribution is -0.298. The Morgan fingerprint density at radius 3 is 2.58 bits per heavy atom. The number of carboxylic acids is 1. The molecule has 0 spiro atoms. The van der Waals surface area contributed by atoms with E-state index in [-0.39, 0.29) is 4.91 Å². The van der Waals surface area contributed by atoms with Crippen LogP contribution in [0.1, 0.15) is 18.4 Å². The van der Waals surface area contributed by atoms with Gasteiger partial charge in [0.15, 0.2) is 11.0 Å². The summed E-state index contributed by atoms with van der Waals surface area (Å²) in [6.45, 7) is 4.30. The van der Waals surface area contributed by atoms with Gasteiger partial charge in [0.1, 0.15) is 11.5 Å². The summed E-state index contributed by atoms with van der Waals surface area (Å²) in [6, 6.07) is 10.7. The van der Waals surface area contributed by atoms with Gasteiger partial charge in [-0.3, -0.25) is 0 Å². The molecule has 134 valence electrons. The van der Waals surface area contributed by atoms with Crippen LogP contribution in [0.5, 0.6) is 0 Å². The number of aryl methyl sites for hydroxylation is 1. The molecule has 0 aliphatic rings. The topological polar surface area (TPSA) is 84.0 Å². The van der Waals surface area contributed by atoms with Gasteiger partial charge in [-0.25, -0.2) is 0 Å². The highest BCUT2D eigenvalue weighted by Gasteiger charge is 2.16. The third kappa shape index (κ3) is 4.00. The third-order valence-corrected chi connectivity index (χ3v) is 4.81. The Morgan fingerprint density at radius 2 is 2.00 bits per heavy atom. The zero-order chi connectivity index (χ0) is 18.7. The number of carboxylic acid groups (broad SMARTS) is 1. The predicted molar refractivity (Wildman–Crippen MR) is 98.4 cm³/mol. The van der Waals surface area contributed by atoms with Gasteiger partial charge in [0.25, 0.3) is 0 Å². The smallest absolute Gasteiger partial charge is 0.196 e. The number of rotatable bonds is 6. The molecule has 0 amide bonds. The van der Waals surface area contributed by atoms with E-state index < -0.39 is 5.97 Å². The fourth-order valence-corrected chi connectivity index (χ4v) is 3.34. The van der Waals surface area contributed by atoms with E-state index in [1.807, 2.05) is 23.6 Å². The zero-order valence-electron chi connectivity index (χ0n) is 14.1. The molecule has 8 heteroatoms. The maximum absolute atomic E-state index is 11.5. The number of nitrogens with zero attached hydrogens (tertiary/aromatic N) is 3. The Hall–Kier alpha value is -2.51. The van der Waals surface area contributed by atoms with Crippen LogP contribution in [0.15, 0.2) is 50.9 Å². The van der Waals surface area contributed by atoms with Crippen molar-refractivity contribution >= 4 is 35.4 Å². The minimum absolute atomic E-state index is 0.0101. The molecule has 0 fully saturated rings. The van der Waals surface area contributed by atoms with Crippen molar-refractivity contribution in [1.82, 2.24) is 14.8 Å². The van der Waals surface area contributed by atoms with E-state index in [1.54, 1.807) is 31.2 Å². The molecule has 0 N–H and O–H groups in total. The Bertz CT molecular complexity index is 960. The number of benzene rings is 1. The van der Waals surface area contributed by atoms with E-state index in [0.29, 0.717) is 34.1 Å². The van der Waals surface area contributed by atoms with Gasteiger partial charge < -0.3 is 18.9 Å².